The molecule has 0 spiro atoms. The summed E-state index contributed by atoms with van der Waals surface area (Å²) in [5, 5.41) is 0.251. The van der Waals surface area contributed by atoms with E-state index in [0.717, 1.165) is 22.3 Å². The first-order valence-electron chi connectivity index (χ1n) is 10.0. The molecule has 2 aromatic heterocycles. The maximum Gasteiger partial charge on any atom is 0.222 e. The number of hydrogen-bond donors (Lipinski definition) is 0. The summed E-state index contributed by atoms with van der Waals surface area (Å²) < 4.78 is 1.19. The summed E-state index contributed by atoms with van der Waals surface area (Å²) in [6.45, 7) is 4.34. The van der Waals surface area contributed by atoms with Crippen LogP contribution in [0.1, 0.15) is 31.0 Å². The van der Waals surface area contributed by atoms with Crippen LogP contribution in [0.5, 0.6) is 0 Å². The van der Waals surface area contributed by atoms with Crippen LogP contribution < -0.4 is 0 Å². The van der Waals surface area contributed by atoms with Crippen molar-refractivity contribution in [1.29, 1.82) is 0 Å². The van der Waals surface area contributed by atoms with E-state index in [0.29, 0.717) is 0 Å². The van der Waals surface area contributed by atoms with Crippen LogP contribution in [-0.2, 0) is 0 Å². The second-order valence-electron chi connectivity index (χ2n) is 7.47. The van der Waals surface area contributed by atoms with Crippen molar-refractivity contribution in [3.05, 3.63) is 82.9 Å². The molecule has 7 heteroatoms. The monoisotopic (exact) mass is 445 g/mol. The van der Waals surface area contributed by atoms with Crippen molar-refractivity contribution >= 4 is 45.1 Å². The summed E-state index contributed by atoms with van der Waals surface area (Å²) >= 11 is 7.51. The summed E-state index contributed by atoms with van der Waals surface area (Å²) in [5.41, 5.74) is 8.44. The third-order valence-electron chi connectivity index (χ3n) is 5.58. The minimum atomic E-state index is 0.0229. The van der Waals surface area contributed by atoms with Gasteiger partial charge in [-0.3, -0.25) is 4.99 Å². The van der Waals surface area contributed by atoms with Crippen LogP contribution in [0.2, 0.25) is 5.28 Å². The van der Waals surface area contributed by atoms with E-state index in [1.807, 2.05) is 11.7 Å². The highest BCUT2D eigenvalue weighted by atomic mass is 35.5. The summed E-state index contributed by atoms with van der Waals surface area (Å²) in [4.78, 5) is 19.7. The molecule has 5 rings (SSSR count). The maximum atomic E-state index is 5.85. The van der Waals surface area contributed by atoms with E-state index in [1.165, 1.54) is 15.8 Å². The minimum Gasteiger partial charge on any atom is -0.343 e. The largest absolute Gasteiger partial charge is 0.343 e. The van der Waals surface area contributed by atoms with Gasteiger partial charge in [-0.25, -0.2) is 15.0 Å². The van der Waals surface area contributed by atoms with Crippen molar-refractivity contribution in [2.24, 2.45) is 4.99 Å². The smallest absolute Gasteiger partial charge is 0.222 e. The normalized spacial score (nSPS) is 17.1. The number of allylic oxidation sites excluding steroid dienone is 1. The standard InChI is InChI=1S/C24H20ClN5S/c1-15(17-4-3-5-18(10-17)20-12-27-24(25)28-13-20)30-16(2)26-9-8-22(30)19-6-7-21-23(11-19)31-14-29-21/h3-16H,1-2H3/t15-,16?/m0/s1. The molecular formula is C24H20ClN5S. The molecule has 0 N–H and O–H groups in total. The van der Waals surface area contributed by atoms with Crippen LogP contribution >= 0.6 is 22.9 Å². The van der Waals surface area contributed by atoms with E-state index in [9.17, 15) is 0 Å². The molecule has 0 saturated heterocycles. The van der Waals surface area contributed by atoms with Gasteiger partial charge in [-0.05, 0) is 66.4 Å². The van der Waals surface area contributed by atoms with Crippen LogP contribution in [0.15, 0.2) is 71.4 Å². The topological polar surface area (TPSA) is 54.3 Å². The number of hydrogen-bond acceptors (Lipinski definition) is 6. The second-order valence-corrected chi connectivity index (χ2v) is 8.69. The third-order valence-corrected chi connectivity index (χ3v) is 6.57. The highest BCUT2D eigenvalue weighted by Gasteiger charge is 2.26. The number of aromatic nitrogens is 3. The predicted molar refractivity (Wildman–Crippen MR) is 128 cm³/mol. The Balaban J connectivity index is 1.51. The van der Waals surface area contributed by atoms with Gasteiger partial charge in [0.25, 0.3) is 0 Å². The Morgan fingerprint density at radius 2 is 1.84 bits per heavy atom. The van der Waals surface area contributed by atoms with Crippen LogP contribution in [0.25, 0.3) is 27.0 Å². The lowest BCUT2D eigenvalue weighted by molar-refractivity contribution is 0.252. The van der Waals surface area contributed by atoms with Crippen molar-refractivity contribution < 1.29 is 0 Å². The van der Waals surface area contributed by atoms with Crippen LogP contribution in [0.4, 0.5) is 0 Å². The Morgan fingerprint density at radius 1 is 1.00 bits per heavy atom. The number of thiazole rings is 1. The Hall–Kier alpha value is -3.09. The number of halogens is 1. The summed E-state index contributed by atoms with van der Waals surface area (Å²) in [6, 6.07) is 15.0. The molecule has 2 atom stereocenters. The number of nitrogens with zero attached hydrogens (tertiary/aromatic N) is 5. The maximum absolute atomic E-state index is 5.85. The van der Waals surface area contributed by atoms with Gasteiger partial charge in [0.15, 0.2) is 0 Å². The quantitative estimate of drug-likeness (QED) is 0.349. The zero-order chi connectivity index (χ0) is 21.4. The van der Waals surface area contributed by atoms with Crippen molar-refractivity contribution in [3.8, 4) is 11.1 Å². The molecule has 0 fully saturated rings. The van der Waals surface area contributed by atoms with Gasteiger partial charge < -0.3 is 4.90 Å². The molecule has 5 nitrogen and oxygen atoms in total. The molecule has 0 bridgehead atoms. The van der Waals surface area contributed by atoms with E-state index in [1.54, 1.807) is 23.7 Å². The Morgan fingerprint density at radius 3 is 2.68 bits per heavy atom. The first-order valence-corrected chi connectivity index (χ1v) is 11.3. The van der Waals surface area contributed by atoms with Crippen molar-refractivity contribution in [2.75, 3.05) is 0 Å². The molecule has 2 aromatic carbocycles. The molecular weight excluding hydrogens is 426 g/mol. The molecule has 0 radical (unpaired) electrons. The number of benzene rings is 2. The van der Waals surface area contributed by atoms with Gasteiger partial charge in [0, 0.05) is 29.9 Å². The van der Waals surface area contributed by atoms with Gasteiger partial charge in [-0.15, -0.1) is 11.3 Å². The van der Waals surface area contributed by atoms with Crippen molar-refractivity contribution in [2.45, 2.75) is 26.1 Å². The fourth-order valence-corrected chi connectivity index (χ4v) is 4.80. The fraction of sp³-hybridized carbons (Fsp3) is 0.167. The van der Waals surface area contributed by atoms with Gasteiger partial charge in [-0.2, -0.15) is 0 Å². The van der Waals surface area contributed by atoms with Gasteiger partial charge in [0.05, 0.1) is 21.8 Å². The van der Waals surface area contributed by atoms with Crippen LogP contribution in [0, 0.1) is 0 Å². The van der Waals surface area contributed by atoms with E-state index in [2.05, 4.69) is 87.2 Å². The van der Waals surface area contributed by atoms with Crippen LogP contribution in [-0.4, -0.2) is 32.2 Å². The fourth-order valence-electron chi connectivity index (χ4n) is 3.99. The molecule has 0 amide bonds. The van der Waals surface area contributed by atoms with Gasteiger partial charge in [-0.1, -0.05) is 24.3 Å². The number of fused-ring (bicyclic) bond motifs is 1. The molecule has 4 aromatic rings. The summed E-state index contributed by atoms with van der Waals surface area (Å²) in [5.74, 6) is 0. The molecule has 154 valence electrons. The lowest BCUT2D eigenvalue weighted by Crippen LogP contribution is -2.34. The lowest BCUT2D eigenvalue weighted by atomic mass is 9.98. The highest BCUT2D eigenvalue weighted by Crippen LogP contribution is 2.36. The molecule has 1 aliphatic heterocycles. The van der Waals surface area contributed by atoms with Gasteiger partial charge >= 0.3 is 0 Å². The molecule has 31 heavy (non-hydrogen) atoms. The number of aliphatic imine (C=N–C) groups is 1. The molecule has 0 saturated carbocycles. The van der Waals surface area contributed by atoms with Crippen molar-refractivity contribution in [1.82, 2.24) is 19.9 Å². The zero-order valence-electron chi connectivity index (χ0n) is 17.1. The average Bonchev–Trinajstić information content (AvgIpc) is 3.27. The predicted octanol–water partition coefficient (Wildman–Crippen LogP) is 6.24. The third kappa shape index (κ3) is 3.84. The SMILES string of the molecule is CC1N=CC=C(c2ccc3ncsc3c2)N1[C@@H](C)c1cccc(-c2cnc(Cl)nc2)c1. The summed E-state index contributed by atoms with van der Waals surface area (Å²) in [6.07, 6.45) is 7.53. The zero-order valence-corrected chi connectivity index (χ0v) is 18.7. The van der Waals surface area contributed by atoms with Crippen LogP contribution in [0.3, 0.4) is 0 Å². The molecule has 3 heterocycles. The highest BCUT2D eigenvalue weighted by molar-refractivity contribution is 7.16. The van der Waals surface area contributed by atoms with E-state index in [-0.39, 0.29) is 17.5 Å². The first-order chi connectivity index (χ1) is 15.1. The Bertz CT molecular complexity index is 1290. The van der Waals surface area contributed by atoms with Crippen molar-refractivity contribution in [3.63, 3.8) is 0 Å². The molecule has 1 aliphatic rings. The number of rotatable bonds is 4. The Kier molecular flexibility index (Phi) is 5.26. The molecule has 1 unspecified atom stereocenters. The van der Waals surface area contributed by atoms with Gasteiger partial charge in [0.1, 0.15) is 6.17 Å². The Labute approximate surface area is 189 Å². The summed E-state index contributed by atoms with van der Waals surface area (Å²) in [7, 11) is 0. The first kappa shape index (κ1) is 19.8. The second kappa shape index (κ2) is 8.21. The lowest BCUT2D eigenvalue weighted by Gasteiger charge is -2.38. The van der Waals surface area contributed by atoms with Gasteiger partial charge in [0.2, 0.25) is 5.28 Å². The average molecular weight is 446 g/mol. The molecule has 0 aliphatic carbocycles. The van der Waals surface area contributed by atoms with E-state index in [4.69, 9.17) is 11.6 Å². The minimum absolute atomic E-state index is 0.0229. The van der Waals surface area contributed by atoms with E-state index >= 15 is 0 Å². The van der Waals surface area contributed by atoms with E-state index < -0.39 is 0 Å².